The highest BCUT2D eigenvalue weighted by Crippen LogP contribution is 2.50. The van der Waals surface area contributed by atoms with Crippen LogP contribution in [0.3, 0.4) is 0 Å². The molecule has 2 aromatic rings. The van der Waals surface area contributed by atoms with E-state index in [9.17, 15) is 4.79 Å². The van der Waals surface area contributed by atoms with Gasteiger partial charge in [0.25, 0.3) is 5.91 Å². The van der Waals surface area contributed by atoms with E-state index < -0.39 is 5.66 Å². The van der Waals surface area contributed by atoms with Crippen molar-refractivity contribution in [3.05, 3.63) is 95.5 Å². The van der Waals surface area contributed by atoms with Crippen LogP contribution in [0.5, 0.6) is 0 Å². The van der Waals surface area contributed by atoms with Crippen molar-refractivity contribution in [2.24, 2.45) is 0 Å². The topological polar surface area (TPSA) is 36.7 Å². The van der Waals surface area contributed by atoms with E-state index in [2.05, 4.69) is 18.1 Å². The molecule has 0 saturated carbocycles. The number of allylic oxidation sites excluding steroid dienone is 2. The monoisotopic (exact) mass is 396 g/mol. The number of rotatable bonds is 4. The molecule has 5 heteroatoms. The Morgan fingerprint density at radius 2 is 2.00 bits per heavy atom. The highest BCUT2D eigenvalue weighted by molar-refractivity contribution is 6.29. The number of carbonyl (C=O) groups is 1. The van der Waals surface area contributed by atoms with Crippen LogP contribution in [-0.4, -0.2) is 28.8 Å². The lowest BCUT2D eigenvalue weighted by atomic mass is 9.90. The van der Waals surface area contributed by atoms with Gasteiger partial charge in [0, 0.05) is 29.2 Å². The Hall–Kier alpha value is -2.56. The van der Waals surface area contributed by atoms with Crippen molar-refractivity contribution >= 4 is 17.5 Å². The third-order valence-corrected chi connectivity index (χ3v) is 5.46. The van der Waals surface area contributed by atoms with Gasteiger partial charge in [-0.15, -0.1) is 0 Å². The molecule has 1 fully saturated rings. The normalized spacial score (nSPS) is 21.0. The molecule has 146 valence electrons. The molecule has 3 heterocycles. The maximum atomic E-state index is 12.9. The lowest BCUT2D eigenvalue weighted by Crippen LogP contribution is -2.48. The molecule has 0 bridgehead atoms. The second kappa shape index (κ2) is 8.21. The second-order valence-electron chi connectivity index (χ2n) is 6.78. The molecule has 1 amide bonds. The summed E-state index contributed by atoms with van der Waals surface area (Å²) in [5.41, 5.74) is 1.90. The van der Waals surface area contributed by atoms with Gasteiger partial charge in [0.1, 0.15) is 11.4 Å². The Morgan fingerprint density at radius 3 is 2.61 bits per heavy atom. The van der Waals surface area contributed by atoms with E-state index in [1.165, 1.54) is 0 Å². The Balaban J connectivity index is 0.000000403. The Morgan fingerprint density at radius 1 is 1.29 bits per heavy atom. The zero-order valence-corrected chi connectivity index (χ0v) is 17.1. The zero-order chi connectivity index (χ0) is 20.3. The standard InChI is InChI=1S/C19H18N2O2.C4H7Cl/c1-3-14(2)19-17-9-5-4-8-16(17)18(22)21(19)11-10-20(19)13-15-7-6-12-23-15;1-3-4(2)5/h3-9,12H,1-2,10-11,13H2;3H,1-2H3/b;4-3+. The first-order valence-corrected chi connectivity index (χ1v) is 9.63. The van der Waals surface area contributed by atoms with Gasteiger partial charge in [-0.05, 0) is 37.6 Å². The number of benzene rings is 1. The molecule has 4 nitrogen and oxygen atoms in total. The van der Waals surface area contributed by atoms with Crippen LogP contribution >= 0.6 is 11.6 Å². The lowest BCUT2D eigenvalue weighted by molar-refractivity contribution is 0.0405. The van der Waals surface area contributed by atoms with Crippen LogP contribution in [0, 0.1) is 0 Å². The van der Waals surface area contributed by atoms with E-state index in [-0.39, 0.29) is 5.91 Å². The summed E-state index contributed by atoms with van der Waals surface area (Å²) in [6.45, 7) is 13.9. The van der Waals surface area contributed by atoms with E-state index in [1.807, 2.05) is 61.2 Å². The SMILES string of the molecule is C/C=C(\C)Cl.C=CC(=C)C12c3ccccc3C(=O)N1CCN2Cc1ccco1. The number of hydrogen-bond acceptors (Lipinski definition) is 3. The van der Waals surface area contributed by atoms with Gasteiger partial charge in [-0.2, -0.15) is 0 Å². The van der Waals surface area contributed by atoms with Crippen LogP contribution in [0.15, 0.2) is 83.0 Å². The van der Waals surface area contributed by atoms with Crippen molar-refractivity contribution in [1.29, 1.82) is 0 Å². The van der Waals surface area contributed by atoms with Gasteiger partial charge >= 0.3 is 0 Å². The average Bonchev–Trinajstić information content (AvgIpc) is 3.40. The van der Waals surface area contributed by atoms with Crippen LogP contribution in [0.4, 0.5) is 0 Å². The fraction of sp³-hybridized carbons (Fsp3) is 0.261. The minimum Gasteiger partial charge on any atom is -0.468 e. The third-order valence-electron chi connectivity index (χ3n) is 5.24. The summed E-state index contributed by atoms with van der Waals surface area (Å²) in [6, 6.07) is 11.6. The van der Waals surface area contributed by atoms with E-state index >= 15 is 0 Å². The van der Waals surface area contributed by atoms with Crippen molar-refractivity contribution in [3.8, 4) is 0 Å². The van der Waals surface area contributed by atoms with Gasteiger partial charge in [-0.25, -0.2) is 0 Å². The van der Waals surface area contributed by atoms with Crippen LogP contribution in [0.25, 0.3) is 0 Å². The highest BCUT2D eigenvalue weighted by atomic mass is 35.5. The minimum atomic E-state index is -0.651. The quantitative estimate of drug-likeness (QED) is 0.658. The first-order chi connectivity index (χ1) is 13.5. The van der Waals surface area contributed by atoms with Crippen molar-refractivity contribution in [2.75, 3.05) is 13.1 Å². The van der Waals surface area contributed by atoms with E-state index in [0.717, 1.165) is 34.0 Å². The van der Waals surface area contributed by atoms with Crippen LogP contribution in [0.1, 0.15) is 35.5 Å². The maximum Gasteiger partial charge on any atom is 0.256 e. The molecular formula is C23H25ClN2O2. The molecule has 28 heavy (non-hydrogen) atoms. The maximum absolute atomic E-state index is 12.9. The second-order valence-corrected chi connectivity index (χ2v) is 7.38. The van der Waals surface area contributed by atoms with Crippen LogP contribution < -0.4 is 0 Å². The summed E-state index contributed by atoms with van der Waals surface area (Å²) in [5.74, 6) is 0.936. The summed E-state index contributed by atoms with van der Waals surface area (Å²) < 4.78 is 5.52. The van der Waals surface area contributed by atoms with Crippen molar-refractivity contribution < 1.29 is 9.21 Å². The molecule has 0 aliphatic carbocycles. The first kappa shape index (κ1) is 20.2. The van der Waals surface area contributed by atoms with Crippen molar-refractivity contribution in [2.45, 2.75) is 26.1 Å². The summed E-state index contributed by atoms with van der Waals surface area (Å²) in [7, 11) is 0. The summed E-state index contributed by atoms with van der Waals surface area (Å²) >= 11 is 5.32. The van der Waals surface area contributed by atoms with Crippen molar-refractivity contribution in [3.63, 3.8) is 0 Å². The molecule has 1 unspecified atom stereocenters. The Kier molecular flexibility index (Phi) is 5.92. The first-order valence-electron chi connectivity index (χ1n) is 9.26. The third kappa shape index (κ3) is 3.23. The lowest BCUT2D eigenvalue weighted by Gasteiger charge is -2.40. The summed E-state index contributed by atoms with van der Waals surface area (Å²) in [4.78, 5) is 17.0. The predicted octanol–water partition coefficient (Wildman–Crippen LogP) is 5.30. The fourth-order valence-corrected chi connectivity index (χ4v) is 3.87. The van der Waals surface area contributed by atoms with E-state index in [1.54, 1.807) is 12.3 Å². The minimum absolute atomic E-state index is 0.0607. The van der Waals surface area contributed by atoms with E-state index in [0.29, 0.717) is 13.1 Å². The highest BCUT2D eigenvalue weighted by Gasteiger charge is 2.57. The molecule has 0 spiro atoms. The van der Waals surface area contributed by atoms with Gasteiger partial charge in [0.2, 0.25) is 0 Å². The molecule has 2 aliphatic rings. The summed E-state index contributed by atoms with van der Waals surface area (Å²) in [5, 5.41) is 0.852. The predicted molar refractivity (Wildman–Crippen MR) is 113 cm³/mol. The largest absolute Gasteiger partial charge is 0.468 e. The number of hydrogen-bond donors (Lipinski definition) is 0. The van der Waals surface area contributed by atoms with Gasteiger partial charge in [-0.3, -0.25) is 9.69 Å². The molecule has 1 aromatic heterocycles. The smallest absolute Gasteiger partial charge is 0.256 e. The molecule has 1 saturated heterocycles. The molecule has 1 atom stereocenters. The van der Waals surface area contributed by atoms with Crippen molar-refractivity contribution in [1.82, 2.24) is 9.80 Å². The van der Waals surface area contributed by atoms with Gasteiger partial charge in [-0.1, -0.05) is 55.1 Å². The number of amides is 1. The number of fused-ring (bicyclic) bond motifs is 3. The van der Waals surface area contributed by atoms with Gasteiger partial charge in [0.15, 0.2) is 0 Å². The number of carbonyl (C=O) groups excluding carboxylic acids is 1. The Bertz CT molecular complexity index is 912. The fourth-order valence-electron chi connectivity index (χ4n) is 3.87. The van der Waals surface area contributed by atoms with Crippen LogP contribution in [0.2, 0.25) is 0 Å². The average molecular weight is 397 g/mol. The number of halogens is 1. The number of furan rings is 1. The zero-order valence-electron chi connectivity index (χ0n) is 16.3. The number of nitrogens with zero attached hydrogens (tertiary/aromatic N) is 2. The van der Waals surface area contributed by atoms with E-state index in [4.69, 9.17) is 16.0 Å². The Labute approximate surface area is 171 Å². The molecule has 0 N–H and O–H groups in total. The van der Waals surface area contributed by atoms with Crippen LogP contribution in [-0.2, 0) is 12.2 Å². The molecule has 1 aromatic carbocycles. The molecule has 2 aliphatic heterocycles. The van der Waals surface area contributed by atoms with Gasteiger partial charge in [0.05, 0.1) is 12.8 Å². The summed E-state index contributed by atoms with van der Waals surface area (Å²) in [6.07, 6.45) is 5.27. The molecule has 0 radical (unpaired) electrons. The molecule has 4 rings (SSSR count). The van der Waals surface area contributed by atoms with Gasteiger partial charge < -0.3 is 9.32 Å². The molecular weight excluding hydrogens is 372 g/mol.